The molecule has 0 N–H and O–H groups in total. The molecule has 162 valence electrons. The molecule has 6 nitrogen and oxygen atoms in total. The molecule has 0 bridgehead atoms. The predicted octanol–water partition coefficient (Wildman–Crippen LogP) is 4.11. The van der Waals surface area contributed by atoms with Crippen LogP contribution in [0.5, 0.6) is 11.5 Å². The summed E-state index contributed by atoms with van der Waals surface area (Å²) >= 11 is 0. The molecule has 1 saturated heterocycles. The second-order valence-corrected chi connectivity index (χ2v) is 7.99. The van der Waals surface area contributed by atoms with Crippen LogP contribution in [0.4, 0.5) is 5.69 Å². The first-order chi connectivity index (χ1) is 15.0. The van der Waals surface area contributed by atoms with Crippen molar-refractivity contribution < 1.29 is 19.1 Å². The van der Waals surface area contributed by atoms with Crippen molar-refractivity contribution in [3.63, 3.8) is 0 Å². The fourth-order valence-electron chi connectivity index (χ4n) is 4.15. The van der Waals surface area contributed by atoms with E-state index in [-0.39, 0.29) is 11.8 Å². The first-order valence-corrected chi connectivity index (χ1v) is 10.8. The van der Waals surface area contributed by atoms with Gasteiger partial charge in [-0.2, -0.15) is 0 Å². The van der Waals surface area contributed by atoms with E-state index < -0.39 is 0 Å². The summed E-state index contributed by atoms with van der Waals surface area (Å²) in [5, 5.41) is 0. The molecule has 2 aromatic carbocycles. The predicted molar refractivity (Wildman–Crippen MR) is 120 cm³/mol. The summed E-state index contributed by atoms with van der Waals surface area (Å²) in [6.45, 7) is 6.27. The summed E-state index contributed by atoms with van der Waals surface area (Å²) in [5.41, 5.74) is 2.22. The van der Waals surface area contributed by atoms with Crippen molar-refractivity contribution >= 4 is 23.1 Å². The van der Waals surface area contributed by atoms with E-state index in [0.29, 0.717) is 35.2 Å². The van der Waals surface area contributed by atoms with Gasteiger partial charge in [0, 0.05) is 13.1 Å². The van der Waals surface area contributed by atoms with Gasteiger partial charge in [-0.1, -0.05) is 19.1 Å². The van der Waals surface area contributed by atoms with Crippen LogP contribution in [0.25, 0.3) is 5.57 Å². The Morgan fingerprint density at radius 2 is 1.52 bits per heavy atom. The van der Waals surface area contributed by atoms with Gasteiger partial charge in [-0.25, -0.2) is 4.90 Å². The molecule has 0 saturated carbocycles. The quantitative estimate of drug-likeness (QED) is 0.659. The Labute approximate surface area is 183 Å². The highest BCUT2D eigenvalue weighted by molar-refractivity contribution is 6.45. The van der Waals surface area contributed by atoms with Gasteiger partial charge in [-0.3, -0.25) is 9.59 Å². The van der Waals surface area contributed by atoms with Crippen LogP contribution < -0.4 is 14.4 Å². The van der Waals surface area contributed by atoms with Gasteiger partial charge in [-0.15, -0.1) is 0 Å². The normalized spacial score (nSPS) is 17.5. The molecule has 0 atom stereocenters. The number of anilines is 1. The Balaban J connectivity index is 1.75. The topological polar surface area (TPSA) is 59.1 Å². The van der Waals surface area contributed by atoms with Gasteiger partial charge in [0.25, 0.3) is 11.8 Å². The van der Waals surface area contributed by atoms with E-state index in [0.717, 1.165) is 37.2 Å². The maximum Gasteiger partial charge on any atom is 0.282 e. The van der Waals surface area contributed by atoms with Crippen LogP contribution >= 0.6 is 0 Å². The van der Waals surface area contributed by atoms with Crippen molar-refractivity contribution in [2.75, 3.05) is 31.7 Å². The van der Waals surface area contributed by atoms with Crippen LogP contribution in [0.2, 0.25) is 0 Å². The molecule has 31 heavy (non-hydrogen) atoms. The fraction of sp³-hybridized carbons (Fsp3) is 0.360. The van der Waals surface area contributed by atoms with Gasteiger partial charge in [-0.05, 0) is 67.6 Å². The van der Waals surface area contributed by atoms with Gasteiger partial charge < -0.3 is 14.4 Å². The summed E-state index contributed by atoms with van der Waals surface area (Å²) in [6.07, 6.45) is 2.01. The van der Waals surface area contributed by atoms with Crippen LogP contribution in [0, 0.1) is 5.92 Å². The molecule has 0 spiro atoms. The molecule has 2 amide bonds. The average Bonchev–Trinajstić information content (AvgIpc) is 3.05. The Kier molecular flexibility index (Phi) is 5.98. The number of carbonyl (C=O) groups is 2. The fourth-order valence-corrected chi connectivity index (χ4v) is 4.15. The molecule has 2 aliphatic rings. The molecule has 0 unspecified atom stereocenters. The van der Waals surface area contributed by atoms with E-state index in [4.69, 9.17) is 9.47 Å². The first-order valence-electron chi connectivity index (χ1n) is 10.8. The van der Waals surface area contributed by atoms with Crippen LogP contribution in [-0.4, -0.2) is 43.5 Å². The molecule has 4 rings (SSSR count). The van der Waals surface area contributed by atoms with Crippen molar-refractivity contribution in [3.05, 3.63) is 59.8 Å². The lowest BCUT2D eigenvalue weighted by Crippen LogP contribution is -2.38. The number of imide groups is 1. The number of amides is 2. The monoisotopic (exact) mass is 420 g/mol. The third-order valence-electron chi connectivity index (χ3n) is 5.94. The molecular weight excluding hydrogens is 392 g/mol. The molecule has 6 heteroatoms. The summed E-state index contributed by atoms with van der Waals surface area (Å²) in [4.78, 5) is 30.5. The zero-order valence-corrected chi connectivity index (χ0v) is 18.3. The lowest BCUT2D eigenvalue weighted by atomic mass is 9.97. The van der Waals surface area contributed by atoms with Crippen LogP contribution in [0.3, 0.4) is 0 Å². The number of hydrogen-bond donors (Lipinski definition) is 0. The van der Waals surface area contributed by atoms with Crippen molar-refractivity contribution in [2.45, 2.75) is 26.7 Å². The molecule has 2 aromatic rings. The third kappa shape index (κ3) is 4.02. The standard InChI is InChI=1S/C25H28N2O4/c1-4-31-21-9-5-18(6-10-21)22-23(26-15-13-17(2)14-16-26)25(29)27(24(22)28)19-7-11-20(30-3)12-8-19/h5-12,17H,4,13-16H2,1-3H3. The number of nitrogens with zero attached hydrogens (tertiary/aromatic N) is 2. The highest BCUT2D eigenvalue weighted by Crippen LogP contribution is 2.37. The number of rotatable bonds is 6. The Morgan fingerprint density at radius 3 is 2.10 bits per heavy atom. The first kappa shape index (κ1) is 21.0. The van der Waals surface area contributed by atoms with Gasteiger partial charge in [0.05, 0.1) is 25.0 Å². The summed E-state index contributed by atoms with van der Waals surface area (Å²) in [7, 11) is 1.59. The van der Waals surface area contributed by atoms with Crippen LogP contribution in [0.15, 0.2) is 54.2 Å². The highest BCUT2D eigenvalue weighted by Gasteiger charge is 2.43. The van der Waals surface area contributed by atoms with E-state index in [1.165, 1.54) is 4.90 Å². The highest BCUT2D eigenvalue weighted by atomic mass is 16.5. The van der Waals surface area contributed by atoms with Crippen molar-refractivity contribution in [2.24, 2.45) is 5.92 Å². The average molecular weight is 421 g/mol. The number of ether oxygens (including phenoxy) is 2. The van der Waals surface area contributed by atoms with E-state index in [1.807, 2.05) is 31.2 Å². The molecule has 2 aliphatic heterocycles. The summed E-state index contributed by atoms with van der Waals surface area (Å²) in [6, 6.07) is 14.4. The molecule has 2 heterocycles. The number of piperidine rings is 1. The van der Waals surface area contributed by atoms with Gasteiger partial charge in [0.2, 0.25) is 0 Å². The van der Waals surface area contributed by atoms with E-state index in [9.17, 15) is 9.59 Å². The molecule has 0 aliphatic carbocycles. The number of hydrogen-bond acceptors (Lipinski definition) is 5. The molecule has 1 fully saturated rings. The summed E-state index contributed by atoms with van der Waals surface area (Å²) < 4.78 is 10.8. The number of methoxy groups -OCH3 is 1. The minimum absolute atomic E-state index is 0.270. The zero-order valence-electron chi connectivity index (χ0n) is 18.3. The Hall–Kier alpha value is -3.28. The van der Waals surface area contributed by atoms with E-state index in [2.05, 4.69) is 11.8 Å². The van der Waals surface area contributed by atoms with Crippen molar-refractivity contribution in [1.82, 2.24) is 4.90 Å². The lowest BCUT2D eigenvalue weighted by molar-refractivity contribution is -0.120. The number of likely N-dealkylation sites (tertiary alicyclic amines) is 1. The smallest absolute Gasteiger partial charge is 0.282 e. The maximum atomic E-state index is 13.6. The maximum absolute atomic E-state index is 13.6. The minimum atomic E-state index is -0.298. The van der Waals surface area contributed by atoms with E-state index in [1.54, 1.807) is 31.4 Å². The van der Waals surface area contributed by atoms with Crippen LogP contribution in [-0.2, 0) is 9.59 Å². The zero-order chi connectivity index (χ0) is 22.0. The van der Waals surface area contributed by atoms with Gasteiger partial charge in [0.15, 0.2) is 0 Å². The Bertz CT molecular complexity index is 987. The SMILES string of the molecule is CCOc1ccc(C2=C(N3CCC(C)CC3)C(=O)N(c3ccc(OC)cc3)C2=O)cc1. The van der Waals surface area contributed by atoms with Gasteiger partial charge >= 0.3 is 0 Å². The second-order valence-electron chi connectivity index (χ2n) is 7.99. The summed E-state index contributed by atoms with van der Waals surface area (Å²) in [5.74, 6) is 1.47. The third-order valence-corrected chi connectivity index (χ3v) is 5.94. The van der Waals surface area contributed by atoms with Crippen molar-refractivity contribution in [3.8, 4) is 11.5 Å². The van der Waals surface area contributed by atoms with Crippen LogP contribution in [0.1, 0.15) is 32.3 Å². The van der Waals surface area contributed by atoms with Crippen molar-refractivity contribution in [1.29, 1.82) is 0 Å². The minimum Gasteiger partial charge on any atom is -0.497 e. The molecule has 0 aromatic heterocycles. The number of carbonyl (C=O) groups excluding carboxylic acids is 2. The second kappa shape index (κ2) is 8.84. The largest absolute Gasteiger partial charge is 0.497 e. The van der Waals surface area contributed by atoms with Gasteiger partial charge in [0.1, 0.15) is 17.2 Å². The molecule has 0 radical (unpaired) electrons. The Morgan fingerprint density at radius 1 is 0.903 bits per heavy atom. The number of benzene rings is 2. The van der Waals surface area contributed by atoms with E-state index >= 15 is 0 Å². The lowest BCUT2D eigenvalue weighted by Gasteiger charge is -2.32. The molecular formula is C25H28N2O4.